The Hall–Kier alpha value is -2.10. The first-order valence-electron chi connectivity index (χ1n) is 8.32. The minimum absolute atomic E-state index is 0.468. The standard InChI is InChI=1S/C22H16BrClO2/c23-17-11-12-18(19(24)13-17)22(20(25)26)14-21(22,15-7-3-1-4-8-15)16-9-5-2-6-10-16/h1-13H,14H2,(H,25,26)/t22-/m1/s1. The van der Waals surface area contributed by atoms with E-state index in [2.05, 4.69) is 15.9 Å². The second-order valence-corrected chi connectivity index (χ2v) is 7.97. The van der Waals surface area contributed by atoms with Crippen molar-refractivity contribution in [2.24, 2.45) is 0 Å². The van der Waals surface area contributed by atoms with E-state index in [1.165, 1.54) is 0 Å². The number of hydrogen-bond donors (Lipinski definition) is 1. The average molecular weight is 428 g/mol. The molecule has 2 nitrogen and oxygen atoms in total. The van der Waals surface area contributed by atoms with Crippen molar-refractivity contribution in [3.05, 3.63) is 105 Å². The molecule has 1 N–H and O–H groups in total. The van der Waals surface area contributed by atoms with Crippen LogP contribution in [-0.4, -0.2) is 11.1 Å². The van der Waals surface area contributed by atoms with Crippen molar-refractivity contribution in [3.63, 3.8) is 0 Å². The molecule has 1 fully saturated rings. The second kappa shape index (κ2) is 6.26. The first-order chi connectivity index (χ1) is 12.5. The molecule has 0 spiro atoms. The fourth-order valence-corrected chi connectivity index (χ4v) is 5.03. The Balaban J connectivity index is 2.01. The zero-order chi connectivity index (χ0) is 18.4. The molecular formula is C22H16BrClO2. The van der Waals surface area contributed by atoms with Crippen LogP contribution in [0, 0.1) is 0 Å². The van der Waals surface area contributed by atoms with E-state index in [-0.39, 0.29) is 0 Å². The Morgan fingerprint density at radius 1 is 0.923 bits per heavy atom. The maximum Gasteiger partial charge on any atom is 0.315 e. The van der Waals surface area contributed by atoms with E-state index in [1.54, 1.807) is 6.07 Å². The van der Waals surface area contributed by atoms with Crippen LogP contribution >= 0.6 is 27.5 Å². The van der Waals surface area contributed by atoms with Gasteiger partial charge in [0.1, 0.15) is 5.41 Å². The summed E-state index contributed by atoms with van der Waals surface area (Å²) in [6.07, 6.45) is 0.477. The van der Waals surface area contributed by atoms with Gasteiger partial charge in [-0.05, 0) is 35.2 Å². The number of aliphatic carboxylic acids is 1. The lowest BCUT2D eigenvalue weighted by atomic mass is 9.77. The molecule has 1 aliphatic rings. The van der Waals surface area contributed by atoms with E-state index in [1.807, 2.05) is 72.8 Å². The molecule has 0 saturated heterocycles. The van der Waals surface area contributed by atoms with Gasteiger partial charge in [-0.15, -0.1) is 0 Å². The lowest BCUT2D eigenvalue weighted by Crippen LogP contribution is -2.31. The summed E-state index contributed by atoms with van der Waals surface area (Å²) in [6, 6.07) is 25.2. The number of halogens is 2. The Morgan fingerprint density at radius 3 is 1.92 bits per heavy atom. The van der Waals surface area contributed by atoms with Crippen LogP contribution in [0.15, 0.2) is 83.3 Å². The normalized spacial score (nSPS) is 20.5. The molecule has 0 aliphatic heterocycles. The molecule has 1 saturated carbocycles. The predicted octanol–water partition coefficient (Wildman–Crippen LogP) is 5.81. The zero-order valence-corrected chi connectivity index (χ0v) is 16.2. The number of benzene rings is 3. The lowest BCUT2D eigenvalue weighted by Gasteiger charge is -2.25. The molecule has 0 unspecified atom stereocenters. The summed E-state index contributed by atoms with van der Waals surface area (Å²) in [5.74, 6) is -0.852. The van der Waals surface area contributed by atoms with Crippen LogP contribution in [0.3, 0.4) is 0 Å². The van der Waals surface area contributed by atoms with Crippen molar-refractivity contribution in [1.82, 2.24) is 0 Å². The van der Waals surface area contributed by atoms with Crippen LogP contribution in [0.5, 0.6) is 0 Å². The number of hydrogen-bond acceptors (Lipinski definition) is 1. The van der Waals surface area contributed by atoms with E-state index in [0.717, 1.165) is 15.6 Å². The van der Waals surface area contributed by atoms with Crippen molar-refractivity contribution < 1.29 is 9.90 Å². The Kier molecular flexibility index (Phi) is 4.17. The molecule has 4 rings (SSSR count). The fourth-order valence-electron chi connectivity index (χ4n) is 4.20. The van der Waals surface area contributed by atoms with Gasteiger partial charge >= 0.3 is 5.97 Å². The number of carbonyl (C=O) groups is 1. The van der Waals surface area contributed by atoms with Gasteiger partial charge in [-0.2, -0.15) is 0 Å². The maximum atomic E-state index is 12.6. The summed E-state index contributed by atoms with van der Waals surface area (Å²) in [4.78, 5) is 12.6. The summed E-state index contributed by atoms with van der Waals surface area (Å²) in [5, 5.41) is 10.8. The fraction of sp³-hybridized carbons (Fsp3) is 0.136. The van der Waals surface area contributed by atoms with Gasteiger partial charge in [-0.1, -0.05) is 94.3 Å². The molecular weight excluding hydrogens is 412 g/mol. The zero-order valence-electron chi connectivity index (χ0n) is 13.8. The van der Waals surface area contributed by atoms with Crippen molar-refractivity contribution in [2.75, 3.05) is 0 Å². The monoisotopic (exact) mass is 426 g/mol. The predicted molar refractivity (Wildman–Crippen MR) is 107 cm³/mol. The molecule has 0 amide bonds. The highest BCUT2D eigenvalue weighted by Gasteiger charge is 2.75. The third kappa shape index (κ3) is 2.34. The molecule has 3 aromatic rings. The molecule has 0 bridgehead atoms. The molecule has 1 aliphatic carbocycles. The van der Waals surface area contributed by atoms with Crippen molar-refractivity contribution in [2.45, 2.75) is 17.3 Å². The second-order valence-electron chi connectivity index (χ2n) is 6.65. The van der Waals surface area contributed by atoms with E-state index in [0.29, 0.717) is 17.0 Å². The van der Waals surface area contributed by atoms with Crippen LogP contribution in [-0.2, 0) is 15.6 Å². The minimum Gasteiger partial charge on any atom is -0.481 e. The average Bonchev–Trinajstić information content (AvgIpc) is 3.36. The van der Waals surface area contributed by atoms with Gasteiger partial charge < -0.3 is 5.11 Å². The summed E-state index contributed by atoms with van der Waals surface area (Å²) < 4.78 is 0.831. The van der Waals surface area contributed by atoms with Crippen LogP contribution in [0.4, 0.5) is 0 Å². The Morgan fingerprint density at radius 2 is 1.46 bits per heavy atom. The first-order valence-corrected chi connectivity index (χ1v) is 9.49. The smallest absolute Gasteiger partial charge is 0.315 e. The van der Waals surface area contributed by atoms with Crippen LogP contribution in [0.25, 0.3) is 0 Å². The molecule has 0 aromatic heterocycles. The highest BCUT2D eigenvalue weighted by atomic mass is 79.9. The molecule has 0 radical (unpaired) electrons. The topological polar surface area (TPSA) is 37.3 Å². The van der Waals surface area contributed by atoms with E-state index in [4.69, 9.17) is 11.6 Å². The summed E-state index contributed by atoms with van der Waals surface area (Å²) in [6.45, 7) is 0. The van der Waals surface area contributed by atoms with E-state index in [9.17, 15) is 9.90 Å². The summed E-state index contributed by atoms with van der Waals surface area (Å²) in [5.41, 5.74) is 0.912. The molecule has 26 heavy (non-hydrogen) atoms. The Bertz CT molecular complexity index is 932. The molecule has 0 heterocycles. The molecule has 1 atom stereocenters. The molecule has 3 aromatic carbocycles. The third-order valence-electron chi connectivity index (χ3n) is 5.42. The van der Waals surface area contributed by atoms with Gasteiger partial charge in [0, 0.05) is 14.9 Å². The van der Waals surface area contributed by atoms with Crippen molar-refractivity contribution >= 4 is 33.5 Å². The van der Waals surface area contributed by atoms with E-state index < -0.39 is 16.8 Å². The number of carboxylic acid groups (broad SMARTS) is 1. The minimum atomic E-state index is -1.09. The lowest BCUT2D eigenvalue weighted by molar-refractivity contribution is -0.140. The summed E-state index contributed by atoms with van der Waals surface area (Å²) in [7, 11) is 0. The van der Waals surface area contributed by atoms with E-state index >= 15 is 0 Å². The summed E-state index contributed by atoms with van der Waals surface area (Å²) >= 11 is 9.91. The molecule has 130 valence electrons. The van der Waals surface area contributed by atoms with Gasteiger partial charge in [-0.25, -0.2) is 0 Å². The van der Waals surface area contributed by atoms with Gasteiger partial charge in [-0.3, -0.25) is 4.79 Å². The van der Waals surface area contributed by atoms with Gasteiger partial charge in [0.25, 0.3) is 0 Å². The van der Waals surface area contributed by atoms with Crippen LogP contribution < -0.4 is 0 Å². The first kappa shape index (κ1) is 17.3. The number of rotatable bonds is 4. The quantitative estimate of drug-likeness (QED) is 0.570. The van der Waals surface area contributed by atoms with Crippen molar-refractivity contribution in [3.8, 4) is 0 Å². The van der Waals surface area contributed by atoms with Crippen molar-refractivity contribution in [1.29, 1.82) is 0 Å². The van der Waals surface area contributed by atoms with Gasteiger partial charge in [0.05, 0.1) is 0 Å². The maximum absolute atomic E-state index is 12.6. The highest BCUT2D eigenvalue weighted by Crippen LogP contribution is 2.69. The SMILES string of the molecule is O=C(O)[C@]1(c2ccc(Br)cc2Cl)CC1(c1ccccc1)c1ccccc1. The van der Waals surface area contributed by atoms with Gasteiger partial charge in [0.2, 0.25) is 0 Å². The largest absolute Gasteiger partial charge is 0.481 e. The number of carboxylic acids is 1. The Labute approximate surface area is 165 Å². The highest BCUT2D eigenvalue weighted by molar-refractivity contribution is 9.10. The van der Waals surface area contributed by atoms with Crippen LogP contribution in [0.2, 0.25) is 5.02 Å². The van der Waals surface area contributed by atoms with Crippen LogP contribution in [0.1, 0.15) is 23.1 Å². The van der Waals surface area contributed by atoms with Gasteiger partial charge in [0.15, 0.2) is 0 Å². The molecule has 4 heteroatoms. The third-order valence-corrected chi connectivity index (χ3v) is 6.23.